The Labute approximate surface area is 147 Å². The third kappa shape index (κ3) is 4.51. The van der Waals surface area contributed by atoms with Gasteiger partial charge in [-0.15, -0.1) is 0 Å². The predicted molar refractivity (Wildman–Crippen MR) is 96.3 cm³/mol. The topological polar surface area (TPSA) is 50.2 Å². The molecule has 0 aliphatic carbocycles. The number of para-hydroxylation sites is 1. The number of aryl methyl sites for hydroxylation is 1. The summed E-state index contributed by atoms with van der Waals surface area (Å²) in [7, 11) is 0. The second-order valence-corrected chi connectivity index (χ2v) is 6.62. The number of halogens is 1. The summed E-state index contributed by atoms with van der Waals surface area (Å²) in [4.78, 5) is 18.4. The average Bonchev–Trinajstić information content (AvgIpc) is 3.09. The smallest absolute Gasteiger partial charge is 0.220 e. The Morgan fingerprint density at radius 1 is 1.38 bits per heavy atom. The van der Waals surface area contributed by atoms with Crippen LogP contribution in [0.3, 0.4) is 0 Å². The molecule has 0 spiro atoms. The molecule has 5 nitrogen and oxygen atoms in total. The van der Waals surface area contributed by atoms with E-state index in [0.29, 0.717) is 6.42 Å². The summed E-state index contributed by atoms with van der Waals surface area (Å²) in [6, 6.07) is 8.08. The second kappa shape index (κ2) is 8.20. The van der Waals surface area contributed by atoms with Crippen molar-refractivity contribution in [1.29, 1.82) is 0 Å². The van der Waals surface area contributed by atoms with Gasteiger partial charge < -0.3 is 14.8 Å². The first-order valence-corrected chi connectivity index (χ1v) is 8.85. The molecule has 1 amide bonds. The Morgan fingerprint density at radius 2 is 2.25 bits per heavy atom. The molecule has 1 saturated heterocycles. The van der Waals surface area contributed by atoms with E-state index in [9.17, 15) is 4.79 Å². The number of nitrogens with zero attached hydrogens (tertiary/aromatic N) is 3. The fourth-order valence-corrected chi connectivity index (χ4v) is 3.42. The molecule has 0 unspecified atom stereocenters. The zero-order chi connectivity index (χ0) is 16.8. The number of benzene rings is 1. The van der Waals surface area contributed by atoms with Gasteiger partial charge in [0.2, 0.25) is 5.91 Å². The number of imidazole rings is 1. The Hall–Kier alpha value is -2.01. The number of aromatic nitrogens is 2. The normalized spacial score (nSPS) is 17.7. The van der Waals surface area contributed by atoms with Crippen molar-refractivity contribution >= 4 is 23.2 Å². The fourth-order valence-electron chi connectivity index (χ4n) is 3.16. The Bertz CT molecular complexity index is 659. The summed E-state index contributed by atoms with van der Waals surface area (Å²) >= 11 is 6.29. The van der Waals surface area contributed by atoms with Gasteiger partial charge in [0.25, 0.3) is 0 Å². The molecule has 0 saturated carbocycles. The van der Waals surface area contributed by atoms with Crippen LogP contribution >= 0.6 is 11.6 Å². The summed E-state index contributed by atoms with van der Waals surface area (Å²) in [6.45, 7) is 2.62. The number of rotatable bonds is 6. The molecule has 6 heteroatoms. The molecule has 1 aromatic heterocycles. The van der Waals surface area contributed by atoms with Gasteiger partial charge in [-0.3, -0.25) is 4.79 Å². The quantitative estimate of drug-likeness (QED) is 0.874. The van der Waals surface area contributed by atoms with Gasteiger partial charge in [0.05, 0.1) is 17.0 Å². The van der Waals surface area contributed by atoms with E-state index in [1.807, 2.05) is 35.0 Å². The van der Waals surface area contributed by atoms with Crippen LogP contribution in [-0.2, 0) is 11.3 Å². The number of hydrogen-bond donors (Lipinski definition) is 1. The van der Waals surface area contributed by atoms with Crippen molar-refractivity contribution in [3.63, 3.8) is 0 Å². The summed E-state index contributed by atoms with van der Waals surface area (Å²) in [6.07, 6.45) is 8.90. The van der Waals surface area contributed by atoms with E-state index in [1.165, 1.54) is 0 Å². The van der Waals surface area contributed by atoms with Gasteiger partial charge in [-0.2, -0.15) is 0 Å². The number of hydrogen-bond acceptors (Lipinski definition) is 3. The number of nitrogens with one attached hydrogen (secondary N) is 1. The lowest BCUT2D eigenvalue weighted by molar-refractivity contribution is -0.122. The molecule has 24 heavy (non-hydrogen) atoms. The van der Waals surface area contributed by atoms with E-state index in [-0.39, 0.29) is 11.9 Å². The minimum absolute atomic E-state index is 0.126. The summed E-state index contributed by atoms with van der Waals surface area (Å²) in [5, 5.41) is 3.94. The predicted octanol–water partition coefficient (Wildman–Crippen LogP) is 3.10. The molecule has 3 rings (SSSR count). The number of piperidine rings is 1. The van der Waals surface area contributed by atoms with Gasteiger partial charge in [-0.1, -0.05) is 23.7 Å². The highest BCUT2D eigenvalue weighted by molar-refractivity contribution is 6.33. The molecular weight excluding hydrogens is 324 g/mol. The fraction of sp³-hybridized carbons (Fsp3) is 0.444. The molecule has 1 atom stereocenters. The summed E-state index contributed by atoms with van der Waals surface area (Å²) in [5.41, 5.74) is 1.05. The Balaban J connectivity index is 1.46. The molecule has 1 N–H and O–H groups in total. The zero-order valence-corrected chi connectivity index (χ0v) is 14.5. The first kappa shape index (κ1) is 16.8. The molecule has 2 aromatic rings. The van der Waals surface area contributed by atoms with Crippen molar-refractivity contribution in [2.24, 2.45) is 0 Å². The van der Waals surface area contributed by atoms with E-state index in [2.05, 4.69) is 15.2 Å². The monoisotopic (exact) mass is 346 g/mol. The average molecular weight is 347 g/mol. The largest absolute Gasteiger partial charge is 0.368 e. The second-order valence-electron chi connectivity index (χ2n) is 6.21. The lowest BCUT2D eigenvalue weighted by Gasteiger charge is -2.35. The van der Waals surface area contributed by atoms with E-state index in [1.54, 1.807) is 12.5 Å². The SMILES string of the molecule is O=C(CCCn1ccnc1)N[C@H]1CCCN(c2ccccc2Cl)C1. The maximum atomic E-state index is 12.2. The molecule has 2 heterocycles. The minimum atomic E-state index is 0.126. The molecule has 1 aliphatic rings. The maximum absolute atomic E-state index is 12.2. The van der Waals surface area contributed by atoms with E-state index in [0.717, 1.165) is 49.6 Å². The third-order valence-corrected chi connectivity index (χ3v) is 4.68. The molecule has 1 aliphatic heterocycles. The van der Waals surface area contributed by atoms with Crippen LogP contribution in [0.25, 0.3) is 0 Å². The van der Waals surface area contributed by atoms with Crippen LogP contribution in [0.2, 0.25) is 5.02 Å². The minimum Gasteiger partial charge on any atom is -0.368 e. The van der Waals surface area contributed by atoms with Crippen molar-refractivity contribution in [3.05, 3.63) is 48.0 Å². The molecule has 1 aromatic carbocycles. The molecule has 128 valence electrons. The van der Waals surface area contributed by atoms with E-state index >= 15 is 0 Å². The summed E-state index contributed by atoms with van der Waals surface area (Å²) < 4.78 is 1.99. The van der Waals surface area contributed by atoms with Gasteiger partial charge in [-0.05, 0) is 31.4 Å². The van der Waals surface area contributed by atoms with Gasteiger partial charge in [0.15, 0.2) is 0 Å². The van der Waals surface area contributed by atoms with Crippen LogP contribution in [0.15, 0.2) is 43.0 Å². The standard InChI is InChI=1S/C18H23ClN4O/c19-16-6-1-2-7-17(16)23-11-3-5-15(13-23)21-18(24)8-4-10-22-12-9-20-14-22/h1-2,6-7,9,12,14-15H,3-5,8,10-11,13H2,(H,21,24)/t15-/m0/s1. The molecule has 1 fully saturated rings. The molecule has 0 radical (unpaired) electrons. The van der Waals surface area contributed by atoms with Crippen LogP contribution in [0.4, 0.5) is 5.69 Å². The molecule has 0 bridgehead atoms. The highest BCUT2D eigenvalue weighted by Gasteiger charge is 2.22. The van der Waals surface area contributed by atoms with Crippen molar-refractivity contribution in [2.75, 3.05) is 18.0 Å². The van der Waals surface area contributed by atoms with Crippen molar-refractivity contribution < 1.29 is 4.79 Å². The van der Waals surface area contributed by atoms with Gasteiger partial charge in [0, 0.05) is 44.5 Å². The van der Waals surface area contributed by atoms with Crippen LogP contribution in [0.5, 0.6) is 0 Å². The number of carbonyl (C=O) groups is 1. The van der Waals surface area contributed by atoms with Crippen LogP contribution in [0.1, 0.15) is 25.7 Å². The van der Waals surface area contributed by atoms with Crippen LogP contribution in [0, 0.1) is 0 Å². The van der Waals surface area contributed by atoms with E-state index in [4.69, 9.17) is 11.6 Å². The third-order valence-electron chi connectivity index (χ3n) is 4.36. The van der Waals surface area contributed by atoms with Crippen LogP contribution in [-0.4, -0.2) is 34.6 Å². The van der Waals surface area contributed by atoms with E-state index < -0.39 is 0 Å². The Morgan fingerprint density at radius 3 is 3.04 bits per heavy atom. The summed E-state index contributed by atoms with van der Waals surface area (Å²) in [5.74, 6) is 0.126. The van der Waals surface area contributed by atoms with Crippen molar-refractivity contribution in [1.82, 2.24) is 14.9 Å². The highest BCUT2D eigenvalue weighted by atomic mass is 35.5. The molecular formula is C18H23ClN4O. The van der Waals surface area contributed by atoms with Crippen molar-refractivity contribution in [2.45, 2.75) is 38.3 Å². The van der Waals surface area contributed by atoms with Gasteiger partial charge in [-0.25, -0.2) is 4.98 Å². The van der Waals surface area contributed by atoms with Crippen molar-refractivity contribution in [3.8, 4) is 0 Å². The highest BCUT2D eigenvalue weighted by Crippen LogP contribution is 2.27. The zero-order valence-electron chi connectivity index (χ0n) is 13.7. The lowest BCUT2D eigenvalue weighted by atomic mass is 10.0. The number of anilines is 1. The van der Waals surface area contributed by atoms with Crippen LogP contribution < -0.4 is 10.2 Å². The first-order chi connectivity index (χ1) is 11.7. The lowest BCUT2D eigenvalue weighted by Crippen LogP contribution is -2.47. The number of amides is 1. The Kier molecular flexibility index (Phi) is 5.75. The van der Waals surface area contributed by atoms with Gasteiger partial charge >= 0.3 is 0 Å². The number of carbonyl (C=O) groups excluding carboxylic acids is 1. The first-order valence-electron chi connectivity index (χ1n) is 8.47. The maximum Gasteiger partial charge on any atom is 0.220 e. The van der Waals surface area contributed by atoms with Gasteiger partial charge in [0.1, 0.15) is 0 Å².